The molecule has 1 aliphatic carbocycles. The quantitative estimate of drug-likeness (QED) is 0.754. The fraction of sp³-hybridized carbons (Fsp3) is 0.722. The molecule has 2 unspecified atom stereocenters. The van der Waals surface area contributed by atoms with E-state index in [0.29, 0.717) is 0 Å². The molecule has 0 amide bonds. The highest BCUT2D eigenvalue weighted by Gasteiger charge is 2.26. The van der Waals surface area contributed by atoms with E-state index in [1.54, 1.807) is 0 Å². The zero-order valence-corrected chi connectivity index (χ0v) is 13.7. The largest absolute Gasteiger partial charge is 0.314 e. The summed E-state index contributed by atoms with van der Waals surface area (Å²) in [5, 5.41) is 3.74. The lowest BCUT2D eigenvalue weighted by molar-refractivity contribution is 0.241. The van der Waals surface area contributed by atoms with E-state index in [4.69, 9.17) is 0 Å². The first-order valence-electron chi connectivity index (χ1n) is 8.69. The zero-order chi connectivity index (χ0) is 14.9. The molecule has 0 spiro atoms. The lowest BCUT2D eigenvalue weighted by Gasteiger charge is -2.25. The molecule has 0 aliphatic heterocycles. The lowest BCUT2D eigenvalue weighted by Crippen LogP contribution is -2.35. The summed E-state index contributed by atoms with van der Waals surface area (Å²) in [7, 11) is 0. The van der Waals surface area contributed by atoms with E-state index >= 15 is 0 Å². The summed E-state index contributed by atoms with van der Waals surface area (Å²) in [5.74, 6) is 0.870. The molecule has 1 saturated carbocycles. The van der Waals surface area contributed by atoms with Gasteiger partial charge in [0, 0.05) is 18.8 Å². The molecule has 0 bridgehead atoms. The van der Waals surface area contributed by atoms with Crippen molar-refractivity contribution in [2.45, 2.75) is 58.5 Å². The minimum atomic E-state index is 0.763. The Bertz CT molecular complexity index is 379. The standard InChI is InChI=1S/C18H31N3/c1-3-12-20-18-10-7-8-16(18)11-14-21(4-2)15-17-9-5-6-13-19-17/h5-6,9,13,16,18,20H,3-4,7-8,10-12,14-15H2,1-2H3. The average molecular weight is 289 g/mol. The minimum Gasteiger partial charge on any atom is -0.314 e. The van der Waals surface area contributed by atoms with Gasteiger partial charge in [0.2, 0.25) is 0 Å². The molecular weight excluding hydrogens is 258 g/mol. The summed E-state index contributed by atoms with van der Waals surface area (Å²) in [6.07, 6.45) is 8.63. The minimum absolute atomic E-state index is 0.763. The Morgan fingerprint density at radius 3 is 2.90 bits per heavy atom. The van der Waals surface area contributed by atoms with Crippen LogP contribution < -0.4 is 5.32 Å². The number of hydrogen-bond acceptors (Lipinski definition) is 3. The van der Waals surface area contributed by atoms with Gasteiger partial charge in [0.25, 0.3) is 0 Å². The number of pyridine rings is 1. The summed E-state index contributed by atoms with van der Waals surface area (Å²) in [4.78, 5) is 6.97. The van der Waals surface area contributed by atoms with Crippen molar-refractivity contribution in [2.75, 3.05) is 19.6 Å². The first-order chi connectivity index (χ1) is 10.3. The van der Waals surface area contributed by atoms with Crippen molar-refractivity contribution in [3.05, 3.63) is 30.1 Å². The highest BCUT2D eigenvalue weighted by Crippen LogP contribution is 2.28. The van der Waals surface area contributed by atoms with Gasteiger partial charge >= 0.3 is 0 Å². The topological polar surface area (TPSA) is 28.2 Å². The molecule has 1 fully saturated rings. The fourth-order valence-electron chi connectivity index (χ4n) is 3.40. The van der Waals surface area contributed by atoms with Crippen LogP contribution in [0.2, 0.25) is 0 Å². The van der Waals surface area contributed by atoms with Crippen LogP contribution in [0.1, 0.15) is 51.6 Å². The molecular formula is C18H31N3. The maximum Gasteiger partial charge on any atom is 0.0543 e. The third-order valence-corrected chi connectivity index (χ3v) is 4.69. The van der Waals surface area contributed by atoms with Crippen LogP contribution in [-0.4, -0.2) is 35.6 Å². The van der Waals surface area contributed by atoms with E-state index in [1.807, 2.05) is 12.3 Å². The highest BCUT2D eigenvalue weighted by atomic mass is 15.1. The van der Waals surface area contributed by atoms with Crippen molar-refractivity contribution in [1.82, 2.24) is 15.2 Å². The van der Waals surface area contributed by atoms with Crippen LogP contribution >= 0.6 is 0 Å². The molecule has 1 heterocycles. The Morgan fingerprint density at radius 1 is 1.29 bits per heavy atom. The molecule has 118 valence electrons. The smallest absolute Gasteiger partial charge is 0.0543 e. The second kappa shape index (κ2) is 9.16. The van der Waals surface area contributed by atoms with E-state index in [2.05, 4.69) is 41.2 Å². The van der Waals surface area contributed by atoms with Gasteiger partial charge in [-0.15, -0.1) is 0 Å². The van der Waals surface area contributed by atoms with E-state index in [1.165, 1.54) is 50.9 Å². The van der Waals surface area contributed by atoms with Crippen molar-refractivity contribution in [3.8, 4) is 0 Å². The van der Waals surface area contributed by atoms with Gasteiger partial charge in [-0.2, -0.15) is 0 Å². The van der Waals surface area contributed by atoms with Gasteiger partial charge in [0.15, 0.2) is 0 Å². The molecule has 1 aromatic rings. The maximum atomic E-state index is 4.45. The molecule has 2 atom stereocenters. The molecule has 0 aromatic carbocycles. The average Bonchev–Trinajstić information content (AvgIpc) is 2.97. The number of aromatic nitrogens is 1. The lowest BCUT2D eigenvalue weighted by atomic mass is 9.99. The Labute approximate surface area is 130 Å². The van der Waals surface area contributed by atoms with Crippen LogP contribution in [0.15, 0.2) is 24.4 Å². The predicted molar refractivity (Wildman–Crippen MR) is 89.2 cm³/mol. The Balaban J connectivity index is 1.77. The van der Waals surface area contributed by atoms with E-state index in [0.717, 1.165) is 25.0 Å². The van der Waals surface area contributed by atoms with Crippen LogP contribution in [0, 0.1) is 5.92 Å². The molecule has 2 rings (SSSR count). The number of nitrogens with zero attached hydrogens (tertiary/aromatic N) is 2. The van der Waals surface area contributed by atoms with Crippen LogP contribution in [-0.2, 0) is 6.54 Å². The van der Waals surface area contributed by atoms with Crippen LogP contribution in [0.4, 0.5) is 0 Å². The Kier molecular flexibility index (Phi) is 7.17. The van der Waals surface area contributed by atoms with Gasteiger partial charge < -0.3 is 5.32 Å². The van der Waals surface area contributed by atoms with Crippen molar-refractivity contribution in [3.63, 3.8) is 0 Å². The van der Waals surface area contributed by atoms with Gasteiger partial charge in [0.1, 0.15) is 0 Å². The van der Waals surface area contributed by atoms with Crippen LogP contribution in [0.5, 0.6) is 0 Å². The van der Waals surface area contributed by atoms with E-state index in [-0.39, 0.29) is 0 Å². The van der Waals surface area contributed by atoms with Crippen molar-refractivity contribution < 1.29 is 0 Å². The summed E-state index contributed by atoms with van der Waals surface area (Å²) < 4.78 is 0. The van der Waals surface area contributed by atoms with Crippen LogP contribution in [0.25, 0.3) is 0 Å². The molecule has 3 heteroatoms. The molecule has 1 aliphatic rings. The second-order valence-electron chi connectivity index (χ2n) is 6.23. The first-order valence-corrected chi connectivity index (χ1v) is 8.69. The van der Waals surface area contributed by atoms with E-state index < -0.39 is 0 Å². The first kappa shape index (κ1) is 16.4. The second-order valence-corrected chi connectivity index (χ2v) is 6.23. The predicted octanol–water partition coefficient (Wildman–Crippen LogP) is 3.46. The normalized spacial score (nSPS) is 22.0. The van der Waals surface area contributed by atoms with Crippen molar-refractivity contribution in [1.29, 1.82) is 0 Å². The molecule has 0 radical (unpaired) electrons. The molecule has 1 N–H and O–H groups in total. The van der Waals surface area contributed by atoms with Gasteiger partial charge in [0.05, 0.1) is 5.69 Å². The molecule has 21 heavy (non-hydrogen) atoms. The SMILES string of the molecule is CCCNC1CCCC1CCN(CC)Cc1ccccn1. The number of rotatable bonds is 9. The summed E-state index contributed by atoms with van der Waals surface area (Å²) in [6, 6.07) is 6.96. The van der Waals surface area contributed by atoms with E-state index in [9.17, 15) is 0 Å². The molecule has 1 aromatic heterocycles. The summed E-state index contributed by atoms with van der Waals surface area (Å²) >= 11 is 0. The Morgan fingerprint density at radius 2 is 2.19 bits per heavy atom. The van der Waals surface area contributed by atoms with Gasteiger partial charge in [-0.1, -0.05) is 26.3 Å². The van der Waals surface area contributed by atoms with Gasteiger partial charge in [-0.3, -0.25) is 9.88 Å². The van der Waals surface area contributed by atoms with Crippen molar-refractivity contribution >= 4 is 0 Å². The molecule has 3 nitrogen and oxygen atoms in total. The summed E-state index contributed by atoms with van der Waals surface area (Å²) in [5.41, 5.74) is 1.19. The number of hydrogen-bond donors (Lipinski definition) is 1. The molecule has 0 saturated heterocycles. The van der Waals surface area contributed by atoms with Gasteiger partial charge in [-0.25, -0.2) is 0 Å². The Hall–Kier alpha value is -0.930. The number of nitrogens with one attached hydrogen (secondary N) is 1. The fourth-order valence-corrected chi connectivity index (χ4v) is 3.40. The highest BCUT2D eigenvalue weighted by molar-refractivity contribution is 5.03. The van der Waals surface area contributed by atoms with Crippen LogP contribution in [0.3, 0.4) is 0 Å². The third-order valence-electron chi connectivity index (χ3n) is 4.69. The monoisotopic (exact) mass is 289 g/mol. The van der Waals surface area contributed by atoms with Gasteiger partial charge in [-0.05, 0) is 63.4 Å². The third kappa shape index (κ3) is 5.40. The summed E-state index contributed by atoms with van der Waals surface area (Å²) in [6.45, 7) is 8.97. The zero-order valence-electron chi connectivity index (χ0n) is 13.7. The maximum absolute atomic E-state index is 4.45. The van der Waals surface area contributed by atoms with Crippen molar-refractivity contribution in [2.24, 2.45) is 5.92 Å².